The van der Waals surface area contributed by atoms with E-state index < -0.39 is 11.7 Å². The first-order valence-electron chi connectivity index (χ1n) is 10.4. The van der Waals surface area contributed by atoms with E-state index in [4.69, 9.17) is 4.74 Å². The molecule has 0 bridgehead atoms. The molecule has 1 aliphatic carbocycles. The van der Waals surface area contributed by atoms with Gasteiger partial charge >= 0.3 is 5.97 Å². The molecule has 0 heterocycles. The van der Waals surface area contributed by atoms with Crippen LogP contribution in [0.1, 0.15) is 39.0 Å². The Morgan fingerprint density at radius 2 is 2.03 bits per heavy atom. The number of ether oxygens (including phenoxy) is 2. The summed E-state index contributed by atoms with van der Waals surface area (Å²) in [6.07, 6.45) is 5.55. The molecule has 0 saturated heterocycles. The van der Waals surface area contributed by atoms with Crippen molar-refractivity contribution in [2.24, 2.45) is 5.92 Å². The average Bonchev–Trinajstić information content (AvgIpc) is 3.00. The number of Topliss-reactive ketones (excluding diaryl/α,β-unsaturated/α-hetero) is 1. The smallest absolute Gasteiger partial charge is 0.330 e. The van der Waals surface area contributed by atoms with Gasteiger partial charge in [0.1, 0.15) is 29.6 Å². The van der Waals surface area contributed by atoms with Gasteiger partial charge in [-0.25, -0.2) is 9.18 Å². The molecule has 1 aromatic carbocycles. The van der Waals surface area contributed by atoms with Crippen molar-refractivity contribution in [3.05, 3.63) is 42.2 Å². The maximum Gasteiger partial charge on any atom is 0.330 e. The highest BCUT2D eigenvalue weighted by Gasteiger charge is 2.42. The van der Waals surface area contributed by atoms with E-state index in [2.05, 4.69) is 4.74 Å². The summed E-state index contributed by atoms with van der Waals surface area (Å²) in [7, 11) is 1.33. The number of carbonyl (C=O) groups is 2. The first kappa shape index (κ1) is 25.4. The molecule has 1 aliphatic rings. The lowest BCUT2D eigenvalue weighted by Crippen LogP contribution is -2.37. The molecule has 4 atom stereocenters. The second kappa shape index (κ2) is 12.2. The summed E-state index contributed by atoms with van der Waals surface area (Å²) in [4.78, 5) is 23.4. The molecule has 1 saturated carbocycles. The quantitative estimate of drug-likeness (QED) is 0.284. The van der Waals surface area contributed by atoms with Gasteiger partial charge in [0.2, 0.25) is 0 Å². The van der Waals surface area contributed by atoms with E-state index in [9.17, 15) is 24.2 Å². The summed E-state index contributed by atoms with van der Waals surface area (Å²) in [5.74, 6) is -0.194. The van der Waals surface area contributed by atoms with Gasteiger partial charge in [0.25, 0.3) is 0 Å². The molecule has 1 aromatic rings. The molecule has 0 amide bonds. The first-order valence-corrected chi connectivity index (χ1v) is 11.4. The van der Waals surface area contributed by atoms with Crippen LogP contribution in [0.4, 0.5) is 4.39 Å². The third-order valence-corrected chi connectivity index (χ3v) is 6.96. The van der Waals surface area contributed by atoms with Crippen molar-refractivity contribution < 1.29 is 33.7 Å². The maximum atomic E-state index is 13.0. The minimum atomic E-state index is -1.17. The van der Waals surface area contributed by atoms with E-state index in [1.165, 1.54) is 49.2 Å². The average molecular weight is 455 g/mol. The number of esters is 1. The van der Waals surface area contributed by atoms with Gasteiger partial charge in [-0.1, -0.05) is 12.5 Å². The van der Waals surface area contributed by atoms with Crippen molar-refractivity contribution in [2.45, 2.75) is 56.0 Å². The first-order chi connectivity index (χ1) is 14.7. The molecule has 0 radical (unpaired) electrons. The lowest BCUT2D eigenvalue weighted by Gasteiger charge is -2.27. The number of unbranched alkanes of at least 4 members (excludes halogenated alkanes) is 2. The van der Waals surface area contributed by atoms with E-state index in [1.807, 2.05) is 0 Å². The lowest BCUT2D eigenvalue weighted by atomic mass is 9.98. The Kier molecular flexibility index (Phi) is 9.99. The number of halogens is 1. The van der Waals surface area contributed by atoms with Crippen LogP contribution in [0.3, 0.4) is 0 Å². The molecule has 2 unspecified atom stereocenters. The van der Waals surface area contributed by atoms with Gasteiger partial charge in [-0.2, -0.15) is 11.8 Å². The van der Waals surface area contributed by atoms with E-state index in [1.54, 1.807) is 13.0 Å². The van der Waals surface area contributed by atoms with Gasteiger partial charge in [0, 0.05) is 29.4 Å². The Hall–Kier alpha value is -1.90. The van der Waals surface area contributed by atoms with E-state index in [0.717, 1.165) is 12.8 Å². The van der Waals surface area contributed by atoms with Gasteiger partial charge in [-0.3, -0.25) is 4.79 Å². The summed E-state index contributed by atoms with van der Waals surface area (Å²) >= 11 is 1.39. The molecule has 1 fully saturated rings. The Morgan fingerprint density at radius 1 is 1.32 bits per heavy atom. The molecule has 0 spiro atoms. The fourth-order valence-corrected chi connectivity index (χ4v) is 4.91. The number of benzene rings is 1. The largest absolute Gasteiger partial charge is 0.491 e. The predicted octanol–water partition coefficient (Wildman–Crippen LogP) is 3.30. The Labute approximate surface area is 186 Å². The van der Waals surface area contributed by atoms with Crippen LogP contribution in [0.5, 0.6) is 5.75 Å². The molecular weight excluding hydrogens is 423 g/mol. The summed E-state index contributed by atoms with van der Waals surface area (Å²) in [6, 6.07) is 5.56. The highest BCUT2D eigenvalue weighted by atomic mass is 32.2. The van der Waals surface area contributed by atoms with Gasteiger partial charge in [0.15, 0.2) is 0 Å². The molecule has 0 aromatic heterocycles. The van der Waals surface area contributed by atoms with Gasteiger partial charge in [-0.05, 0) is 50.5 Å². The SMILES string of the molecule is COC(=O)C=CCCCC[C@H]1C(=O)CC(O)[C@@H]1SCC(C)(O)COc1ccc(F)cc1. The number of aliphatic hydroxyl groups is 2. The normalized spacial score (nSPS) is 23.1. The summed E-state index contributed by atoms with van der Waals surface area (Å²) < 4.78 is 23.1. The van der Waals surface area contributed by atoms with E-state index in [-0.39, 0.29) is 41.8 Å². The molecule has 2 N–H and O–H groups in total. The minimum absolute atomic E-state index is 0.0135. The van der Waals surface area contributed by atoms with Crippen LogP contribution < -0.4 is 4.74 Å². The van der Waals surface area contributed by atoms with Gasteiger partial charge in [-0.15, -0.1) is 0 Å². The topological polar surface area (TPSA) is 93.1 Å². The van der Waals surface area contributed by atoms with Gasteiger partial charge in [0.05, 0.1) is 13.2 Å². The van der Waals surface area contributed by atoms with Crippen molar-refractivity contribution in [1.82, 2.24) is 0 Å². The zero-order chi connectivity index (χ0) is 22.9. The Balaban J connectivity index is 1.79. The standard InChI is InChI=1S/C23H31FO6S/c1-23(28,14-30-17-11-9-16(24)10-12-17)15-31-22-18(19(25)13-20(22)26)7-5-3-4-6-8-21(27)29-2/h6,8-12,18,20,22,26,28H,3-5,7,13-15H2,1-2H3/t18-,20?,22+,23?/m0/s1. The van der Waals surface area contributed by atoms with E-state index >= 15 is 0 Å². The zero-order valence-electron chi connectivity index (χ0n) is 18.0. The van der Waals surface area contributed by atoms with Crippen molar-refractivity contribution in [1.29, 1.82) is 0 Å². The number of hydrogen-bond donors (Lipinski definition) is 2. The van der Waals surface area contributed by atoms with Crippen LogP contribution in [0.25, 0.3) is 0 Å². The number of carbonyl (C=O) groups excluding carboxylic acids is 2. The predicted molar refractivity (Wildman–Crippen MR) is 118 cm³/mol. The molecule has 172 valence electrons. The number of hydrogen-bond acceptors (Lipinski definition) is 7. The van der Waals surface area contributed by atoms with Crippen LogP contribution in [-0.2, 0) is 14.3 Å². The number of aliphatic hydroxyl groups excluding tert-OH is 1. The minimum Gasteiger partial charge on any atom is -0.491 e. The summed E-state index contributed by atoms with van der Waals surface area (Å²) in [5, 5.41) is 20.7. The van der Waals surface area contributed by atoms with Crippen molar-refractivity contribution in [2.75, 3.05) is 19.5 Å². The Bertz CT molecular complexity index is 749. The number of ketones is 1. The van der Waals surface area contributed by atoms with Crippen LogP contribution >= 0.6 is 11.8 Å². The van der Waals surface area contributed by atoms with Crippen molar-refractivity contribution in [3.8, 4) is 5.75 Å². The summed E-state index contributed by atoms with van der Waals surface area (Å²) in [6.45, 7) is 1.65. The number of methoxy groups -OCH3 is 1. The van der Waals surface area contributed by atoms with E-state index in [0.29, 0.717) is 24.3 Å². The number of rotatable bonds is 12. The molecule has 8 heteroatoms. The Morgan fingerprint density at radius 3 is 2.71 bits per heavy atom. The van der Waals surface area contributed by atoms with Crippen LogP contribution in [0, 0.1) is 11.7 Å². The summed E-state index contributed by atoms with van der Waals surface area (Å²) in [5.41, 5.74) is -1.17. The molecular formula is C23H31FO6S. The highest BCUT2D eigenvalue weighted by molar-refractivity contribution is 8.00. The number of thioether (sulfide) groups is 1. The molecule has 6 nitrogen and oxygen atoms in total. The maximum absolute atomic E-state index is 13.0. The second-order valence-corrected chi connectivity index (χ2v) is 9.24. The fraction of sp³-hybridized carbons (Fsp3) is 0.565. The lowest BCUT2D eigenvalue weighted by molar-refractivity contribution is -0.134. The van der Waals surface area contributed by atoms with Crippen LogP contribution in [0.15, 0.2) is 36.4 Å². The van der Waals surface area contributed by atoms with Gasteiger partial charge < -0.3 is 19.7 Å². The molecule has 0 aliphatic heterocycles. The van der Waals surface area contributed by atoms with Crippen LogP contribution in [-0.4, -0.2) is 58.4 Å². The van der Waals surface area contributed by atoms with Crippen LogP contribution in [0.2, 0.25) is 0 Å². The fourth-order valence-electron chi connectivity index (χ4n) is 3.44. The number of allylic oxidation sites excluding steroid dienone is 1. The molecule has 2 rings (SSSR count). The highest BCUT2D eigenvalue weighted by Crippen LogP contribution is 2.37. The third kappa shape index (κ3) is 8.63. The van der Waals surface area contributed by atoms with Crippen molar-refractivity contribution >= 4 is 23.5 Å². The van der Waals surface area contributed by atoms with Crippen molar-refractivity contribution in [3.63, 3.8) is 0 Å². The monoisotopic (exact) mass is 454 g/mol. The molecule has 31 heavy (non-hydrogen) atoms. The zero-order valence-corrected chi connectivity index (χ0v) is 18.8. The second-order valence-electron chi connectivity index (χ2n) is 8.07. The third-order valence-electron chi connectivity index (χ3n) is 5.14.